The molecule has 4 aromatic rings. The van der Waals surface area contributed by atoms with Gasteiger partial charge in [0.05, 0.1) is 29.7 Å². The number of aromatic nitrogens is 2. The fourth-order valence-corrected chi connectivity index (χ4v) is 4.46. The average molecular weight is 486 g/mol. The molecule has 0 radical (unpaired) electrons. The van der Waals surface area contributed by atoms with Gasteiger partial charge in [-0.1, -0.05) is 36.4 Å². The van der Waals surface area contributed by atoms with Crippen LogP contribution in [-0.2, 0) is 30.5 Å². The van der Waals surface area contributed by atoms with Crippen LogP contribution in [-0.4, -0.2) is 27.4 Å². The van der Waals surface area contributed by atoms with Gasteiger partial charge in [0.2, 0.25) is 5.91 Å². The maximum absolute atomic E-state index is 13.3. The highest BCUT2D eigenvalue weighted by atomic mass is 32.1. The standard InChI is InChI=1S/C25H22F3N3O2S/c1-30(16-19-8-5-13-34-19)23(32)12-10-20-24(33)31(15-17-6-3-2-4-7-17)22-11-9-18(25(26,27)28)14-21(22)29-20/h2-9,11,13-14H,10,12,15-16H2,1H3. The van der Waals surface area contributed by atoms with Gasteiger partial charge in [-0.25, -0.2) is 4.98 Å². The molecule has 0 saturated carbocycles. The first-order valence-electron chi connectivity index (χ1n) is 10.6. The summed E-state index contributed by atoms with van der Waals surface area (Å²) >= 11 is 1.54. The third-order valence-electron chi connectivity index (χ3n) is 5.50. The summed E-state index contributed by atoms with van der Waals surface area (Å²) in [6, 6.07) is 16.2. The Hall–Kier alpha value is -3.46. The summed E-state index contributed by atoms with van der Waals surface area (Å²) < 4.78 is 41.3. The SMILES string of the molecule is CN(Cc1cccs1)C(=O)CCc1nc2cc(C(F)(F)F)ccc2n(Cc2ccccc2)c1=O. The van der Waals surface area contributed by atoms with E-state index < -0.39 is 17.3 Å². The topological polar surface area (TPSA) is 55.2 Å². The number of halogens is 3. The molecule has 2 heterocycles. The number of nitrogens with zero attached hydrogens (tertiary/aromatic N) is 3. The molecule has 2 aromatic carbocycles. The molecule has 5 nitrogen and oxygen atoms in total. The van der Waals surface area contributed by atoms with Crippen LogP contribution in [0.15, 0.2) is 70.8 Å². The van der Waals surface area contributed by atoms with Crippen molar-refractivity contribution in [2.24, 2.45) is 0 Å². The predicted octanol–water partition coefficient (Wildman–Crippen LogP) is 5.12. The number of alkyl halides is 3. The van der Waals surface area contributed by atoms with Crippen LogP contribution in [0.3, 0.4) is 0 Å². The molecule has 4 rings (SSSR count). The summed E-state index contributed by atoms with van der Waals surface area (Å²) in [5.41, 5.74) is 0.0294. The van der Waals surface area contributed by atoms with E-state index in [0.29, 0.717) is 12.1 Å². The van der Waals surface area contributed by atoms with Crippen molar-refractivity contribution in [3.8, 4) is 0 Å². The molecule has 0 aliphatic heterocycles. The van der Waals surface area contributed by atoms with Crippen LogP contribution in [0.25, 0.3) is 11.0 Å². The Balaban J connectivity index is 1.66. The zero-order valence-corrected chi connectivity index (χ0v) is 19.2. The van der Waals surface area contributed by atoms with E-state index in [-0.39, 0.29) is 36.5 Å². The fourth-order valence-electron chi connectivity index (χ4n) is 3.70. The fraction of sp³-hybridized carbons (Fsp3) is 0.240. The summed E-state index contributed by atoms with van der Waals surface area (Å²) in [5, 5.41) is 1.93. The van der Waals surface area contributed by atoms with Gasteiger partial charge in [-0.3, -0.25) is 9.59 Å². The van der Waals surface area contributed by atoms with Gasteiger partial charge in [0.15, 0.2) is 0 Å². The number of carbonyl (C=O) groups excluding carboxylic acids is 1. The number of fused-ring (bicyclic) bond motifs is 1. The smallest absolute Gasteiger partial charge is 0.341 e. The van der Waals surface area contributed by atoms with Crippen LogP contribution in [0.5, 0.6) is 0 Å². The molecule has 0 bridgehead atoms. The monoisotopic (exact) mass is 485 g/mol. The summed E-state index contributed by atoms with van der Waals surface area (Å²) in [5.74, 6) is -0.173. The Labute approximate surface area is 198 Å². The van der Waals surface area contributed by atoms with Crippen molar-refractivity contribution >= 4 is 28.3 Å². The second-order valence-corrected chi connectivity index (χ2v) is 9.00. The van der Waals surface area contributed by atoms with E-state index in [0.717, 1.165) is 22.6 Å². The first kappa shape index (κ1) is 23.7. The lowest BCUT2D eigenvalue weighted by Crippen LogP contribution is -2.29. The summed E-state index contributed by atoms with van der Waals surface area (Å²) in [4.78, 5) is 32.7. The minimum absolute atomic E-state index is 0.0277. The molecule has 0 aliphatic carbocycles. The molecule has 0 N–H and O–H groups in total. The van der Waals surface area contributed by atoms with Crippen LogP contribution in [0, 0.1) is 0 Å². The van der Waals surface area contributed by atoms with Crippen molar-refractivity contribution in [3.63, 3.8) is 0 Å². The molecule has 0 unspecified atom stereocenters. The van der Waals surface area contributed by atoms with Crippen molar-refractivity contribution in [2.75, 3.05) is 7.05 Å². The van der Waals surface area contributed by atoms with E-state index in [1.54, 1.807) is 23.3 Å². The van der Waals surface area contributed by atoms with Crippen molar-refractivity contribution in [1.29, 1.82) is 0 Å². The Morgan fingerprint density at radius 2 is 1.85 bits per heavy atom. The molecule has 9 heteroatoms. The van der Waals surface area contributed by atoms with Crippen molar-refractivity contribution in [1.82, 2.24) is 14.5 Å². The van der Waals surface area contributed by atoms with Gasteiger partial charge < -0.3 is 9.47 Å². The number of hydrogen-bond acceptors (Lipinski definition) is 4. The number of carbonyl (C=O) groups is 1. The Bertz CT molecular complexity index is 1350. The van der Waals surface area contributed by atoms with E-state index in [1.165, 1.54) is 10.6 Å². The summed E-state index contributed by atoms with van der Waals surface area (Å²) in [7, 11) is 1.68. The highest BCUT2D eigenvalue weighted by molar-refractivity contribution is 7.09. The first-order valence-corrected chi connectivity index (χ1v) is 11.5. The maximum Gasteiger partial charge on any atom is 0.416 e. The zero-order chi connectivity index (χ0) is 24.3. The molecule has 2 aromatic heterocycles. The lowest BCUT2D eigenvalue weighted by Gasteiger charge is -2.17. The molecule has 176 valence electrons. The number of hydrogen-bond donors (Lipinski definition) is 0. The normalized spacial score (nSPS) is 11.6. The number of amides is 1. The Kier molecular flexibility index (Phi) is 6.83. The molecule has 0 fully saturated rings. The van der Waals surface area contributed by atoms with E-state index in [1.807, 2.05) is 47.8 Å². The number of aryl methyl sites for hydroxylation is 1. The molecule has 0 saturated heterocycles. The molecule has 1 amide bonds. The van der Waals surface area contributed by atoms with E-state index in [2.05, 4.69) is 4.98 Å². The zero-order valence-electron chi connectivity index (χ0n) is 18.4. The highest BCUT2D eigenvalue weighted by Gasteiger charge is 2.31. The Morgan fingerprint density at radius 3 is 2.53 bits per heavy atom. The quantitative estimate of drug-likeness (QED) is 0.365. The van der Waals surface area contributed by atoms with E-state index >= 15 is 0 Å². The number of rotatable bonds is 7. The molecule has 0 aliphatic rings. The highest BCUT2D eigenvalue weighted by Crippen LogP contribution is 2.31. The molecular formula is C25H22F3N3O2S. The third kappa shape index (κ3) is 5.36. The summed E-state index contributed by atoms with van der Waals surface area (Å²) in [6.07, 6.45) is -4.47. The van der Waals surface area contributed by atoms with Gasteiger partial charge in [0, 0.05) is 24.8 Å². The van der Waals surface area contributed by atoms with Crippen LogP contribution in [0.2, 0.25) is 0 Å². The van der Waals surface area contributed by atoms with E-state index in [9.17, 15) is 22.8 Å². The van der Waals surface area contributed by atoms with Gasteiger partial charge >= 0.3 is 6.18 Å². The Morgan fingerprint density at radius 1 is 1.09 bits per heavy atom. The van der Waals surface area contributed by atoms with Crippen LogP contribution >= 0.6 is 11.3 Å². The van der Waals surface area contributed by atoms with Gasteiger partial charge in [-0.15, -0.1) is 11.3 Å². The van der Waals surface area contributed by atoms with Crippen LogP contribution in [0.1, 0.15) is 28.1 Å². The molecule has 0 atom stereocenters. The van der Waals surface area contributed by atoms with Crippen molar-refractivity contribution in [3.05, 3.63) is 98.1 Å². The lowest BCUT2D eigenvalue weighted by molar-refractivity contribution is -0.137. The number of thiophene rings is 1. The molecule has 0 spiro atoms. The number of benzene rings is 2. The predicted molar refractivity (Wildman–Crippen MR) is 126 cm³/mol. The van der Waals surface area contributed by atoms with Crippen LogP contribution < -0.4 is 5.56 Å². The third-order valence-corrected chi connectivity index (χ3v) is 6.36. The maximum atomic E-state index is 13.3. The van der Waals surface area contributed by atoms with Gasteiger partial charge in [0.25, 0.3) is 5.56 Å². The lowest BCUT2D eigenvalue weighted by atomic mass is 10.1. The minimum atomic E-state index is -4.53. The molecule has 34 heavy (non-hydrogen) atoms. The second kappa shape index (κ2) is 9.80. The van der Waals surface area contributed by atoms with Gasteiger partial charge in [-0.05, 0) is 35.2 Å². The van der Waals surface area contributed by atoms with Crippen molar-refractivity contribution in [2.45, 2.75) is 32.1 Å². The molecular weight excluding hydrogens is 463 g/mol. The van der Waals surface area contributed by atoms with Crippen molar-refractivity contribution < 1.29 is 18.0 Å². The minimum Gasteiger partial charge on any atom is -0.341 e. The van der Waals surface area contributed by atoms with Gasteiger partial charge in [-0.2, -0.15) is 13.2 Å². The van der Waals surface area contributed by atoms with E-state index in [4.69, 9.17) is 0 Å². The first-order chi connectivity index (χ1) is 16.2. The second-order valence-electron chi connectivity index (χ2n) is 7.97. The average Bonchev–Trinajstić information content (AvgIpc) is 3.32. The van der Waals surface area contributed by atoms with Gasteiger partial charge in [0.1, 0.15) is 5.69 Å². The largest absolute Gasteiger partial charge is 0.416 e. The van der Waals surface area contributed by atoms with Crippen LogP contribution in [0.4, 0.5) is 13.2 Å². The summed E-state index contributed by atoms with van der Waals surface area (Å²) in [6.45, 7) is 0.637.